The maximum atomic E-state index is 11.5. The molecule has 0 spiro atoms. The number of aromatic nitrogens is 1. The van der Waals surface area contributed by atoms with Crippen LogP contribution in [0.15, 0.2) is 10.6 Å². The van der Waals surface area contributed by atoms with Gasteiger partial charge in [0, 0.05) is 12.5 Å². The van der Waals surface area contributed by atoms with Crippen LogP contribution >= 0.6 is 0 Å². The molecule has 0 aliphatic carbocycles. The maximum Gasteiger partial charge on any atom is 0.306 e. The Hall–Kier alpha value is -1.90. The lowest BCUT2D eigenvalue weighted by Crippen LogP contribution is -2.22. The average molecular weight is 316 g/mol. The van der Waals surface area contributed by atoms with Crippen LogP contribution in [0.4, 0.5) is 5.82 Å². The molecule has 1 amide bonds. The van der Waals surface area contributed by atoms with Crippen LogP contribution < -0.4 is 5.32 Å². The molecule has 1 N–H and O–H groups in total. The normalized spacial score (nSPS) is 20.1. The van der Waals surface area contributed by atoms with Crippen LogP contribution in [0.3, 0.4) is 0 Å². The Morgan fingerprint density at radius 3 is 2.86 bits per heavy atom. The van der Waals surface area contributed by atoms with Crippen LogP contribution in [0.25, 0.3) is 0 Å². The van der Waals surface area contributed by atoms with E-state index >= 15 is 0 Å². The van der Waals surface area contributed by atoms with Crippen molar-refractivity contribution < 1.29 is 27.3 Å². The molecule has 0 bridgehead atoms. The first-order valence-electron chi connectivity index (χ1n) is 6.43. The molecule has 21 heavy (non-hydrogen) atoms. The summed E-state index contributed by atoms with van der Waals surface area (Å²) in [5.41, 5.74) is 0. The molecule has 2 heterocycles. The number of amides is 1. The summed E-state index contributed by atoms with van der Waals surface area (Å²) < 4.78 is 32.1. The Kier molecular flexibility index (Phi) is 4.61. The number of anilines is 1. The van der Waals surface area contributed by atoms with Gasteiger partial charge in [-0.25, -0.2) is 8.42 Å². The lowest BCUT2D eigenvalue weighted by molar-refractivity contribution is -0.148. The predicted octanol–water partition coefficient (Wildman–Crippen LogP) is 0.290. The summed E-state index contributed by atoms with van der Waals surface area (Å²) in [5, 5.41) is 5.98. The second-order valence-corrected chi connectivity index (χ2v) is 7.23. The van der Waals surface area contributed by atoms with E-state index in [0.717, 1.165) is 0 Å². The van der Waals surface area contributed by atoms with Crippen molar-refractivity contribution in [1.29, 1.82) is 0 Å². The van der Waals surface area contributed by atoms with E-state index in [1.165, 1.54) is 6.07 Å². The largest absolute Gasteiger partial charge is 0.456 e. The standard InChI is InChI=1S/C12H16N2O6S/c1-8-4-10(14-20-8)13-11(15)6-19-12(16)5-9-2-3-21(17,18)7-9/h4,9H,2-3,5-7H2,1H3,(H,13,14,15)/t9-/m1/s1. The van der Waals surface area contributed by atoms with Crippen molar-refractivity contribution >= 4 is 27.5 Å². The van der Waals surface area contributed by atoms with Crippen molar-refractivity contribution in [1.82, 2.24) is 5.16 Å². The van der Waals surface area contributed by atoms with Gasteiger partial charge in [0.25, 0.3) is 5.91 Å². The number of carbonyl (C=O) groups is 2. The van der Waals surface area contributed by atoms with Crippen molar-refractivity contribution in [2.45, 2.75) is 19.8 Å². The number of hydrogen-bond acceptors (Lipinski definition) is 7. The highest BCUT2D eigenvalue weighted by Gasteiger charge is 2.29. The number of rotatable bonds is 5. The minimum absolute atomic E-state index is 0.00646. The van der Waals surface area contributed by atoms with Gasteiger partial charge in [-0.15, -0.1) is 0 Å². The molecule has 0 aromatic carbocycles. The molecule has 1 aromatic heterocycles. The minimum Gasteiger partial charge on any atom is -0.456 e. The van der Waals surface area contributed by atoms with Gasteiger partial charge in [-0.3, -0.25) is 9.59 Å². The zero-order valence-corrected chi connectivity index (χ0v) is 12.3. The molecule has 1 aliphatic heterocycles. The van der Waals surface area contributed by atoms with Gasteiger partial charge in [0.1, 0.15) is 5.76 Å². The number of aryl methyl sites for hydroxylation is 1. The Bertz CT molecular complexity index is 636. The van der Waals surface area contributed by atoms with Crippen molar-refractivity contribution in [3.63, 3.8) is 0 Å². The van der Waals surface area contributed by atoms with Crippen LogP contribution in [0.1, 0.15) is 18.6 Å². The summed E-state index contributed by atoms with van der Waals surface area (Å²) in [6, 6.07) is 1.53. The Balaban J connectivity index is 1.70. The van der Waals surface area contributed by atoms with Crippen LogP contribution in [-0.4, -0.2) is 43.6 Å². The van der Waals surface area contributed by atoms with Gasteiger partial charge in [-0.05, 0) is 19.3 Å². The third-order valence-electron chi connectivity index (χ3n) is 3.04. The van der Waals surface area contributed by atoms with Crippen molar-refractivity contribution in [2.24, 2.45) is 5.92 Å². The van der Waals surface area contributed by atoms with E-state index in [2.05, 4.69) is 10.5 Å². The van der Waals surface area contributed by atoms with Crippen molar-refractivity contribution in [3.05, 3.63) is 11.8 Å². The summed E-state index contributed by atoms with van der Waals surface area (Å²) in [7, 11) is -3.02. The van der Waals surface area contributed by atoms with Crippen molar-refractivity contribution in [2.75, 3.05) is 23.4 Å². The number of hydrogen-bond donors (Lipinski definition) is 1. The number of nitrogens with zero attached hydrogens (tertiary/aromatic N) is 1. The van der Waals surface area contributed by atoms with E-state index < -0.39 is 28.3 Å². The van der Waals surface area contributed by atoms with Gasteiger partial charge in [0.15, 0.2) is 22.3 Å². The average Bonchev–Trinajstić information content (AvgIpc) is 2.93. The number of ether oxygens (including phenoxy) is 1. The number of sulfone groups is 1. The fourth-order valence-corrected chi connectivity index (χ4v) is 3.94. The minimum atomic E-state index is -3.02. The van der Waals surface area contributed by atoms with Gasteiger partial charge in [-0.2, -0.15) is 0 Å². The highest BCUT2D eigenvalue weighted by atomic mass is 32.2. The third-order valence-corrected chi connectivity index (χ3v) is 4.88. The molecule has 2 rings (SSSR count). The highest BCUT2D eigenvalue weighted by Crippen LogP contribution is 2.21. The lowest BCUT2D eigenvalue weighted by atomic mass is 10.1. The molecule has 1 aliphatic rings. The number of esters is 1. The van der Waals surface area contributed by atoms with E-state index in [4.69, 9.17) is 9.26 Å². The SMILES string of the molecule is Cc1cc(NC(=O)COC(=O)C[C@H]2CCS(=O)(=O)C2)no1. The van der Waals surface area contributed by atoms with Gasteiger partial charge in [0.05, 0.1) is 11.5 Å². The zero-order chi connectivity index (χ0) is 15.5. The summed E-state index contributed by atoms with van der Waals surface area (Å²) in [4.78, 5) is 23.0. The first-order chi connectivity index (χ1) is 9.84. The molecule has 0 unspecified atom stereocenters. The molecule has 0 radical (unpaired) electrons. The van der Waals surface area contributed by atoms with Crippen LogP contribution in [0.5, 0.6) is 0 Å². The zero-order valence-electron chi connectivity index (χ0n) is 11.5. The quantitative estimate of drug-likeness (QED) is 0.776. The fourth-order valence-electron chi connectivity index (χ4n) is 2.08. The smallest absolute Gasteiger partial charge is 0.306 e. The molecule has 1 atom stereocenters. The second-order valence-electron chi connectivity index (χ2n) is 5.00. The van der Waals surface area contributed by atoms with E-state index in [-0.39, 0.29) is 29.7 Å². The molecule has 8 nitrogen and oxygen atoms in total. The van der Waals surface area contributed by atoms with Gasteiger partial charge < -0.3 is 14.6 Å². The van der Waals surface area contributed by atoms with Gasteiger partial charge in [-0.1, -0.05) is 5.16 Å². The molecule has 1 aromatic rings. The molecular formula is C12H16N2O6S. The summed E-state index contributed by atoms with van der Waals surface area (Å²) >= 11 is 0. The topological polar surface area (TPSA) is 116 Å². The maximum absolute atomic E-state index is 11.5. The van der Waals surface area contributed by atoms with Crippen molar-refractivity contribution in [3.8, 4) is 0 Å². The van der Waals surface area contributed by atoms with Crippen LogP contribution in [0.2, 0.25) is 0 Å². The molecular weight excluding hydrogens is 300 g/mol. The summed E-state index contributed by atoms with van der Waals surface area (Å²) in [5.74, 6) is -0.424. The monoisotopic (exact) mass is 316 g/mol. The molecule has 0 saturated carbocycles. The van der Waals surface area contributed by atoms with Gasteiger partial charge in [0.2, 0.25) is 0 Å². The van der Waals surface area contributed by atoms with E-state index in [0.29, 0.717) is 12.2 Å². The fraction of sp³-hybridized carbons (Fsp3) is 0.583. The predicted molar refractivity (Wildman–Crippen MR) is 72.2 cm³/mol. The third kappa shape index (κ3) is 4.85. The van der Waals surface area contributed by atoms with Crippen LogP contribution in [-0.2, 0) is 24.2 Å². The molecule has 116 valence electrons. The summed E-state index contributed by atoms with van der Waals surface area (Å²) in [6.45, 7) is 1.24. The first kappa shape index (κ1) is 15.5. The van der Waals surface area contributed by atoms with Gasteiger partial charge >= 0.3 is 5.97 Å². The number of nitrogens with one attached hydrogen (secondary N) is 1. The molecule has 9 heteroatoms. The number of carbonyl (C=O) groups excluding carboxylic acids is 2. The molecule has 1 fully saturated rings. The van der Waals surface area contributed by atoms with Crippen LogP contribution in [0, 0.1) is 12.8 Å². The summed E-state index contributed by atoms with van der Waals surface area (Å²) in [6.07, 6.45) is 0.470. The Morgan fingerprint density at radius 2 is 2.29 bits per heavy atom. The van der Waals surface area contributed by atoms with E-state index in [9.17, 15) is 18.0 Å². The van der Waals surface area contributed by atoms with E-state index in [1.54, 1.807) is 6.92 Å². The Morgan fingerprint density at radius 1 is 1.52 bits per heavy atom. The molecule has 1 saturated heterocycles. The lowest BCUT2D eigenvalue weighted by Gasteiger charge is -2.07. The first-order valence-corrected chi connectivity index (χ1v) is 8.25. The second kappa shape index (κ2) is 6.25. The van der Waals surface area contributed by atoms with E-state index in [1.807, 2.05) is 0 Å². The highest BCUT2D eigenvalue weighted by molar-refractivity contribution is 7.91. The Labute approximate surface area is 121 Å².